The Hall–Kier alpha value is -7.08. The predicted molar refractivity (Wildman–Crippen MR) is 385 cm³/mol. The van der Waals surface area contributed by atoms with E-state index in [1.807, 2.05) is 243 Å². The topological polar surface area (TPSA) is 216 Å². The lowest BCUT2D eigenvalue weighted by Gasteiger charge is -2.52. The fourth-order valence-electron chi connectivity index (χ4n) is 13.7. The van der Waals surface area contributed by atoms with Gasteiger partial charge in [0.15, 0.2) is 25.2 Å². The van der Waals surface area contributed by atoms with Crippen molar-refractivity contribution in [2.45, 2.75) is 176 Å². The van der Waals surface area contributed by atoms with E-state index >= 15 is 0 Å². The molecule has 4 saturated heterocycles. The van der Waals surface area contributed by atoms with Gasteiger partial charge in [0.25, 0.3) is 0 Å². The van der Waals surface area contributed by atoms with Gasteiger partial charge in [0.2, 0.25) is 0 Å². The SMILES string of the molecule is CO[C@@H]1[C@H](OCc2ccccc2)[C@@H](O[C@H]2[C@H](OC)[C@H](OCc3ccccc3)[C@@H](O)O[C@@H]2COCc2ccccc2)O[C@H](COCc2ccccc2)[C@H]1O[C@H]1O[C@H](COCc2ccccc2)[C@@H](O[C@H]2O[C@H](COCc3ccccc3)[C@@H](O)[C@H](OC)[C@@H]2OCc2ccccc2)[C@H](OC)[C@@H]1OCc1ccccc1. The van der Waals surface area contributed by atoms with Crippen LogP contribution in [0.3, 0.4) is 0 Å². The second-order valence-corrected chi connectivity index (χ2v) is 26.3. The molecule has 4 heterocycles. The van der Waals surface area contributed by atoms with E-state index in [1.165, 1.54) is 14.2 Å². The lowest BCUT2D eigenvalue weighted by Crippen LogP contribution is -2.68. The molecule has 12 rings (SSSR count). The lowest BCUT2D eigenvalue weighted by atomic mass is 9.94. The summed E-state index contributed by atoms with van der Waals surface area (Å²) < 4.78 is 130. The monoisotopic (exact) mass is 1440 g/mol. The summed E-state index contributed by atoms with van der Waals surface area (Å²) in [5.41, 5.74) is 7.14. The molecule has 2 N–H and O–H groups in total. The number of aliphatic hydroxyl groups is 2. The summed E-state index contributed by atoms with van der Waals surface area (Å²) in [7, 11) is 6.21. The third kappa shape index (κ3) is 21.6. The zero-order valence-corrected chi connectivity index (χ0v) is 59.8. The highest BCUT2D eigenvalue weighted by molar-refractivity contribution is 5.20. The van der Waals surface area contributed by atoms with Crippen molar-refractivity contribution in [2.75, 3.05) is 54.9 Å². The number of benzene rings is 8. The minimum atomic E-state index is -1.47. The second-order valence-electron chi connectivity index (χ2n) is 26.3. The highest BCUT2D eigenvalue weighted by Gasteiger charge is 2.58. The van der Waals surface area contributed by atoms with Crippen LogP contribution in [0, 0.1) is 0 Å². The maximum Gasteiger partial charge on any atom is 0.187 e. The fourth-order valence-corrected chi connectivity index (χ4v) is 13.7. The number of methoxy groups -OCH3 is 4. The van der Waals surface area contributed by atoms with Crippen LogP contribution in [0.4, 0.5) is 0 Å². The minimum Gasteiger partial charge on any atom is -0.387 e. The minimum absolute atomic E-state index is 0.0291. The zero-order valence-electron chi connectivity index (χ0n) is 59.8. The molecule has 8 aromatic rings. The number of hydrogen-bond acceptors (Lipinski definition) is 21. The Labute approximate surface area is 615 Å². The summed E-state index contributed by atoms with van der Waals surface area (Å²) in [5.74, 6) is 0. The van der Waals surface area contributed by atoms with Gasteiger partial charge in [-0.3, -0.25) is 0 Å². The Bertz CT molecular complexity index is 3660. The fraction of sp³-hybridized carbons (Fsp3) is 0.429. The standard InChI is InChI=1S/C84H98O21/c1-87-73-69(85)65(53-91-45-57-29-13-5-14-30-57)100-82(78(73)96-50-62-39-23-10-24-40-62)104-71-67(55-93-47-59-33-17-7-18-34-59)102-84(80(75(71)89-3)98-52-64-43-27-12-28-44-64)105-72-68(56-94-48-60-35-19-8-20-36-60)101-83(79(76(72)90-4)97-51-63-41-25-11-26-42-63)103-70-66(54-92-46-58-31-15-6-16-32-58)99-81(86)77(74(70)88-2)95-49-61-37-21-9-22-38-61/h5-44,65-86H,45-56H2,1-4H3/t65-,66-,67-,68-,69-,70-,71-,72-,73+,74+,75+,76+,77+,78+,79+,80+,81+,82-,83-,84-/m1/s1. The highest BCUT2D eigenvalue weighted by Crippen LogP contribution is 2.40. The van der Waals surface area contributed by atoms with E-state index in [9.17, 15) is 10.2 Å². The Balaban J connectivity index is 0.912. The average Bonchev–Trinajstić information content (AvgIpc) is 0.770. The third-order valence-electron chi connectivity index (χ3n) is 19.1. The van der Waals surface area contributed by atoms with E-state index in [0.717, 1.165) is 44.5 Å². The molecule has 0 amide bonds. The number of rotatable bonds is 38. The van der Waals surface area contributed by atoms with E-state index in [2.05, 4.69) is 0 Å². The van der Waals surface area contributed by atoms with Crippen LogP contribution in [-0.4, -0.2) is 188 Å². The van der Waals surface area contributed by atoms with E-state index in [0.29, 0.717) is 0 Å². The molecule has 4 aliphatic rings. The van der Waals surface area contributed by atoms with E-state index in [4.69, 9.17) is 90.0 Å². The van der Waals surface area contributed by atoms with Crippen molar-refractivity contribution in [1.29, 1.82) is 0 Å². The molecule has 560 valence electrons. The summed E-state index contributed by atoms with van der Waals surface area (Å²) in [6.07, 6.45) is -22.2. The van der Waals surface area contributed by atoms with E-state index in [-0.39, 0.29) is 79.3 Å². The molecule has 0 radical (unpaired) electrons. The van der Waals surface area contributed by atoms with Crippen molar-refractivity contribution in [2.24, 2.45) is 0 Å². The van der Waals surface area contributed by atoms with Gasteiger partial charge in [0.05, 0.1) is 79.3 Å². The smallest absolute Gasteiger partial charge is 0.187 e. The van der Waals surface area contributed by atoms with Crippen LogP contribution >= 0.6 is 0 Å². The predicted octanol–water partition coefficient (Wildman–Crippen LogP) is 10.7. The first-order valence-electron chi connectivity index (χ1n) is 35.9. The van der Waals surface area contributed by atoms with E-state index in [1.54, 1.807) is 14.2 Å². The summed E-state index contributed by atoms with van der Waals surface area (Å²) >= 11 is 0. The molecule has 21 heteroatoms. The van der Waals surface area contributed by atoms with Crippen molar-refractivity contribution >= 4 is 0 Å². The maximum atomic E-state index is 12.2. The Morgan fingerprint density at radius 2 is 0.457 bits per heavy atom. The van der Waals surface area contributed by atoms with Crippen LogP contribution in [0.25, 0.3) is 0 Å². The molecular weight excluding hydrogens is 1340 g/mol. The Morgan fingerprint density at radius 1 is 0.238 bits per heavy atom. The van der Waals surface area contributed by atoms with Crippen molar-refractivity contribution in [3.05, 3.63) is 287 Å². The first-order valence-corrected chi connectivity index (χ1v) is 35.9. The molecule has 0 bridgehead atoms. The van der Waals surface area contributed by atoms with Crippen LogP contribution in [0.15, 0.2) is 243 Å². The molecule has 20 atom stereocenters. The Kier molecular flexibility index (Phi) is 30.1. The zero-order chi connectivity index (χ0) is 72.4. The van der Waals surface area contributed by atoms with Crippen LogP contribution in [-0.2, 0) is 143 Å². The maximum absolute atomic E-state index is 12.2. The largest absolute Gasteiger partial charge is 0.387 e. The van der Waals surface area contributed by atoms with Crippen molar-refractivity contribution in [3.8, 4) is 0 Å². The van der Waals surface area contributed by atoms with Gasteiger partial charge in [-0.15, -0.1) is 0 Å². The van der Waals surface area contributed by atoms with Crippen molar-refractivity contribution < 1.29 is 100 Å². The quantitative estimate of drug-likeness (QED) is 0.0368. The normalized spacial score (nSPS) is 29.2. The molecule has 0 spiro atoms. The van der Waals surface area contributed by atoms with Crippen molar-refractivity contribution in [1.82, 2.24) is 0 Å². The Morgan fingerprint density at radius 3 is 0.733 bits per heavy atom. The molecule has 0 aromatic heterocycles. The molecule has 0 aliphatic carbocycles. The van der Waals surface area contributed by atoms with Crippen molar-refractivity contribution in [3.63, 3.8) is 0 Å². The molecule has 4 aliphatic heterocycles. The first-order chi connectivity index (χ1) is 51.7. The summed E-state index contributed by atoms with van der Waals surface area (Å²) in [4.78, 5) is 0. The van der Waals surface area contributed by atoms with Gasteiger partial charge in [-0.1, -0.05) is 243 Å². The summed E-state index contributed by atoms with van der Waals surface area (Å²) in [6, 6.07) is 77.9. The van der Waals surface area contributed by atoms with Gasteiger partial charge in [0.1, 0.15) is 97.7 Å². The molecule has 0 unspecified atom stereocenters. The van der Waals surface area contributed by atoms with Gasteiger partial charge in [-0.2, -0.15) is 0 Å². The van der Waals surface area contributed by atoms with E-state index < -0.39 is 123 Å². The van der Waals surface area contributed by atoms with Gasteiger partial charge < -0.3 is 100 Å². The highest BCUT2D eigenvalue weighted by atomic mass is 16.8. The number of aliphatic hydroxyl groups excluding tert-OH is 2. The number of ether oxygens (including phenoxy) is 19. The molecule has 8 aromatic carbocycles. The van der Waals surface area contributed by atoms with Gasteiger partial charge >= 0.3 is 0 Å². The lowest BCUT2D eigenvalue weighted by molar-refractivity contribution is -0.398. The molecule has 0 saturated carbocycles. The van der Waals surface area contributed by atoms with Crippen LogP contribution < -0.4 is 0 Å². The van der Waals surface area contributed by atoms with Crippen LogP contribution in [0.5, 0.6) is 0 Å². The summed E-state index contributed by atoms with van der Waals surface area (Å²) in [5, 5.41) is 24.2. The van der Waals surface area contributed by atoms with Gasteiger partial charge in [0, 0.05) is 28.4 Å². The molecule has 4 fully saturated rings. The van der Waals surface area contributed by atoms with Gasteiger partial charge in [-0.25, -0.2) is 0 Å². The van der Waals surface area contributed by atoms with Crippen LogP contribution in [0.2, 0.25) is 0 Å². The third-order valence-corrected chi connectivity index (χ3v) is 19.1. The number of hydrogen-bond donors (Lipinski definition) is 2. The van der Waals surface area contributed by atoms with Crippen LogP contribution in [0.1, 0.15) is 44.5 Å². The molecule has 21 nitrogen and oxygen atoms in total. The first kappa shape index (κ1) is 77.5. The average molecular weight is 1440 g/mol. The summed E-state index contributed by atoms with van der Waals surface area (Å²) in [6.45, 7) is 1.05. The second kappa shape index (κ2) is 40.8. The van der Waals surface area contributed by atoms with Gasteiger partial charge in [-0.05, 0) is 44.5 Å². The molecular formula is C84H98O21. The molecule has 105 heavy (non-hydrogen) atoms.